The number of phenols is 1. The second kappa shape index (κ2) is 19.2. The summed E-state index contributed by atoms with van der Waals surface area (Å²) in [6, 6.07) is 22.4. The van der Waals surface area contributed by atoms with Crippen molar-refractivity contribution in [3.05, 3.63) is 131 Å². The molecule has 0 aliphatic rings. The van der Waals surface area contributed by atoms with Gasteiger partial charge in [0.2, 0.25) is 17.7 Å². The van der Waals surface area contributed by atoms with Crippen LogP contribution in [0.2, 0.25) is 5.02 Å². The van der Waals surface area contributed by atoms with Gasteiger partial charge in [-0.2, -0.15) is 0 Å². The van der Waals surface area contributed by atoms with Crippen LogP contribution in [-0.2, 0) is 49.7 Å². The third-order valence-electron chi connectivity index (χ3n) is 12.1. The number of benzene rings is 3. The van der Waals surface area contributed by atoms with Crippen LogP contribution >= 0.6 is 11.6 Å². The van der Waals surface area contributed by atoms with E-state index in [0.29, 0.717) is 27.2 Å². The molecule has 6 aromatic rings. The highest BCUT2D eigenvalue weighted by Gasteiger charge is 2.42. The molecule has 9 N–H and O–H groups in total. The van der Waals surface area contributed by atoms with Gasteiger partial charge in [0.05, 0.1) is 17.5 Å². The van der Waals surface area contributed by atoms with Crippen molar-refractivity contribution in [1.82, 2.24) is 25.6 Å². The fourth-order valence-corrected chi connectivity index (χ4v) is 7.59. The Morgan fingerprint density at radius 3 is 1.98 bits per heavy atom. The first-order valence-electron chi connectivity index (χ1n) is 20.6. The number of amides is 3. The van der Waals surface area contributed by atoms with Crippen molar-refractivity contribution < 1.29 is 29.1 Å². The SMILES string of the molecule is CC(C)(N)C(C)(C)C(=O)N[C@@H](Cc1c[nH]c2ccc(O)cc12)C(=O)C[C@@H](Cc1ccc(Cl)cc1)C(=O)N[C@@H](Cc1ccccn1)C(=O)C[C@H](Cc1c[nH]c2ccccc12)C(N)=O. The van der Waals surface area contributed by atoms with Crippen LogP contribution in [0.4, 0.5) is 0 Å². The number of nitrogens with two attached hydrogens (primary N) is 2. The average molecular weight is 860 g/mol. The van der Waals surface area contributed by atoms with E-state index in [1.807, 2.05) is 24.3 Å². The lowest BCUT2D eigenvalue weighted by Gasteiger charge is -2.38. The van der Waals surface area contributed by atoms with Gasteiger partial charge >= 0.3 is 0 Å². The van der Waals surface area contributed by atoms with Crippen molar-refractivity contribution in [2.24, 2.45) is 28.7 Å². The molecule has 3 aromatic heterocycles. The number of fused-ring (bicyclic) bond motifs is 2. The van der Waals surface area contributed by atoms with E-state index in [-0.39, 0.29) is 44.3 Å². The molecule has 0 aliphatic carbocycles. The van der Waals surface area contributed by atoms with Gasteiger partial charge in [0.1, 0.15) is 5.75 Å². The molecule has 0 radical (unpaired) electrons. The Hall–Kier alpha value is -6.31. The molecular formula is C48H54ClN7O6. The summed E-state index contributed by atoms with van der Waals surface area (Å²) in [6.45, 7) is 6.86. The zero-order chi connectivity index (χ0) is 44.8. The number of carbonyl (C=O) groups is 5. The summed E-state index contributed by atoms with van der Waals surface area (Å²) in [5, 5.41) is 18.2. The highest BCUT2D eigenvalue weighted by molar-refractivity contribution is 6.30. The Morgan fingerprint density at radius 1 is 0.726 bits per heavy atom. The largest absolute Gasteiger partial charge is 0.508 e. The van der Waals surface area contributed by atoms with E-state index in [1.165, 1.54) is 0 Å². The number of halogens is 1. The van der Waals surface area contributed by atoms with Crippen molar-refractivity contribution in [2.75, 3.05) is 0 Å². The van der Waals surface area contributed by atoms with Gasteiger partial charge in [-0.05, 0) is 106 Å². The number of rotatable bonds is 20. The van der Waals surface area contributed by atoms with Gasteiger partial charge < -0.3 is 37.2 Å². The normalized spacial score (nSPS) is 13.9. The second-order valence-corrected chi connectivity index (χ2v) is 17.7. The van der Waals surface area contributed by atoms with Crippen LogP contribution in [0.25, 0.3) is 21.8 Å². The molecule has 0 bridgehead atoms. The number of primary amides is 1. The van der Waals surface area contributed by atoms with E-state index in [4.69, 9.17) is 23.1 Å². The van der Waals surface area contributed by atoms with E-state index in [2.05, 4.69) is 25.6 Å². The summed E-state index contributed by atoms with van der Waals surface area (Å²) in [7, 11) is 0. The predicted octanol–water partition coefficient (Wildman–Crippen LogP) is 6.04. The lowest BCUT2D eigenvalue weighted by Crippen LogP contribution is -2.58. The quantitative estimate of drug-likeness (QED) is 0.0478. The maximum absolute atomic E-state index is 14.7. The first-order valence-corrected chi connectivity index (χ1v) is 21.0. The topological polar surface area (TPSA) is 226 Å². The molecule has 3 amide bonds. The van der Waals surface area contributed by atoms with Gasteiger partial charge in [-0.25, -0.2) is 0 Å². The van der Waals surface area contributed by atoms with Crippen molar-refractivity contribution >= 4 is 62.7 Å². The van der Waals surface area contributed by atoms with Crippen molar-refractivity contribution in [3.8, 4) is 5.75 Å². The zero-order valence-corrected chi connectivity index (χ0v) is 36.1. The number of para-hydroxylation sites is 1. The van der Waals surface area contributed by atoms with Crippen molar-refractivity contribution in [1.29, 1.82) is 0 Å². The summed E-state index contributed by atoms with van der Waals surface area (Å²) in [4.78, 5) is 81.2. The summed E-state index contributed by atoms with van der Waals surface area (Å²) in [6.07, 6.45) is 4.86. The molecule has 0 spiro atoms. The van der Waals surface area contributed by atoms with Crippen LogP contribution in [0.5, 0.6) is 5.75 Å². The van der Waals surface area contributed by atoms with Gasteiger partial charge in [-0.15, -0.1) is 0 Å². The Labute approximate surface area is 365 Å². The van der Waals surface area contributed by atoms with Gasteiger partial charge in [-0.1, -0.05) is 48.0 Å². The number of aromatic amines is 2. The van der Waals surface area contributed by atoms with E-state index in [1.54, 1.807) is 107 Å². The lowest BCUT2D eigenvalue weighted by molar-refractivity contribution is -0.137. The number of hydrogen-bond donors (Lipinski definition) is 7. The van der Waals surface area contributed by atoms with Gasteiger partial charge in [0.15, 0.2) is 11.6 Å². The highest BCUT2D eigenvalue weighted by Crippen LogP contribution is 2.30. The Bertz CT molecular complexity index is 2560. The number of H-pyrrole nitrogens is 2. The molecule has 4 atom stereocenters. The first-order chi connectivity index (χ1) is 29.4. The molecule has 3 heterocycles. The number of carbonyl (C=O) groups excluding carboxylic acids is 5. The number of aromatic nitrogens is 3. The van der Waals surface area contributed by atoms with Crippen LogP contribution < -0.4 is 22.1 Å². The number of nitrogens with zero attached hydrogens (tertiary/aromatic N) is 1. The molecule has 13 nitrogen and oxygen atoms in total. The molecule has 0 saturated carbocycles. The molecule has 6 rings (SSSR count). The van der Waals surface area contributed by atoms with Crippen LogP contribution in [-0.4, -0.2) is 67.0 Å². The molecule has 3 aromatic carbocycles. The second-order valence-electron chi connectivity index (χ2n) is 17.2. The zero-order valence-electron chi connectivity index (χ0n) is 35.3. The number of pyridine rings is 1. The van der Waals surface area contributed by atoms with Crippen molar-refractivity contribution in [2.45, 2.75) is 83.8 Å². The number of nitrogens with one attached hydrogen (secondary N) is 4. The van der Waals surface area contributed by atoms with E-state index in [9.17, 15) is 29.1 Å². The average Bonchev–Trinajstić information content (AvgIpc) is 3.83. The highest BCUT2D eigenvalue weighted by atomic mass is 35.5. The predicted molar refractivity (Wildman–Crippen MR) is 240 cm³/mol. The summed E-state index contributed by atoms with van der Waals surface area (Å²) >= 11 is 6.21. The number of aromatic hydroxyl groups is 1. The fourth-order valence-electron chi connectivity index (χ4n) is 7.47. The number of Topliss-reactive ketones (excluding diaryl/α,β-unsaturated/α-hetero) is 2. The molecule has 0 aliphatic heterocycles. The number of phenolic OH excluding ortho intramolecular Hbond substituents is 1. The molecule has 0 unspecified atom stereocenters. The maximum atomic E-state index is 14.7. The fraction of sp³-hybridized carbons (Fsp3) is 0.333. The number of ketones is 2. The smallest absolute Gasteiger partial charge is 0.228 e. The Kier molecular flexibility index (Phi) is 14.0. The number of hydrogen-bond acceptors (Lipinski definition) is 8. The minimum atomic E-state index is -1.13. The first kappa shape index (κ1) is 45.2. The third kappa shape index (κ3) is 10.9. The maximum Gasteiger partial charge on any atom is 0.228 e. The van der Waals surface area contributed by atoms with E-state index in [0.717, 1.165) is 22.0 Å². The molecule has 62 heavy (non-hydrogen) atoms. The van der Waals surface area contributed by atoms with Gasteiger partial charge in [-0.3, -0.25) is 29.0 Å². The summed E-state index contributed by atoms with van der Waals surface area (Å²) in [5.41, 5.74) is 14.6. The minimum absolute atomic E-state index is 0.0155. The third-order valence-corrected chi connectivity index (χ3v) is 12.3. The Morgan fingerprint density at radius 2 is 1.34 bits per heavy atom. The van der Waals surface area contributed by atoms with Gasteiger partial charge in [0.25, 0.3) is 0 Å². The summed E-state index contributed by atoms with van der Waals surface area (Å²) < 4.78 is 0. The molecule has 14 heteroatoms. The minimum Gasteiger partial charge on any atom is -0.508 e. The summed E-state index contributed by atoms with van der Waals surface area (Å²) in [5.74, 6) is -4.43. The standard InChI is InChI=1S/C48H54ClN7O6/c1-47(2,48(3,4)51)46(62)56-40(21-32-27-54-39-17-16-35(57)25-37(32)39)43(59)23-30(19-28-12-14-33(49)15-13-28)45(61)55-41(24-34-9-7-8-18-52-34)42(58)22-29(44(50)60)20-31-26-53-38-11-6-5-10-36(31)38/h5-18,25-27,29-30,40-41,53-54,57H,19-24,51H2,1-4H3,(H2,50,60)(H,55,61)(H,56,62)/t29-,30+,40-,41-/m0/s1. The molecule has 324 valence electrons. The van der Waals surface area contributed by atoms with E-state index < -0.39 is 64.2 Å². The lowest BCUT2D eigenvalue weighted by atomic mass is 9.74. The monoisotopic (exact) mass is 859 g/mol. The molecular weight excluding hydrogens is 806 g/mol. The Balaban J connectivity index is 1.30. The van der Waals surface area contributed by atoms with Crippen LogP contribution in [0.15, 0.2) is 104 Å². The van der Waals surface area contributed by atoms with Crippen LogP contribution in [0.3, 0.4) is 0 Å². The van der Waals surface area contributed by atoms with Crippen LogP contribution in [0, 0.1) is 17.3 Å². The van der Waals surface area contributed by atoms with Gasteiger partial charge in [0, 0.05) is 94.2 Å². The van der Waals surface area contributed by atoms with E-state index >= 15 is 0 Å². The van der Waals surface area contributed by atoms with Crippen LogP contribution in [0.1, 0.15) is 62.9 Å². The van der Waals surface area contributed by atoms with Crippen molar-refractivity contribution in [3.63, 3.8) is 0 Å². The molecule has 0 saturated heterocycles. The molecule has 0 fully saturated rings.